The van der Waals surface area contributed by atoms with Crippen LogP contribution in [0.1, 0.15) is 83.0 Å². The van der Waals surface area contributed by atoms with Gasteiger partial charge in [-0.05, 0) is 109 Å². The fraction of sp³-hybridized carbons (Fsp3) is 0.488. The minimum absolute atomic E-state index is 0.172. The highest BCUT2D eigenvalue weighted by Crippen LogP contribution is 2.36. The largest absolute Gasteiger partial charge is 0.508 e. The van der Waals surface area contributed by atoms with Gasteiger partial charge in [-0.3, -0.25) is 0 Å². The van der Waals surface area contributed by atoms with Gasteiger partial charge < -0.3 is 33.8 Å². The first-order chi connectivity index (χ1) is 24.6. The molecule has 0 bridgehead atoms. The van der Waals surface area contributed by atoms with Gasteiger partial charge in [-0.1, -0.05) is 39.7 Å². The molecule has 3 spiro atoms. The summed E-state index contributed by atoms with van der Waals surface area (Å²) >= 11 is 0. The molecule has 1 N–H and O–H groups in total. The molecule has 3 atom stereocenters. The lowest BCUT2D eigenvalue weighted by Crippen LogP contribution is -2.29. The average Bonchev–Trinajstić information content (AvgIpc) is 3.99. The molecule has 3 saturated heterocycles. The van der Waals surface area contributed by atoms with Crippen LogP contribution < -0.4 is 0 Å². The van der Waals surface area contributed by atoms with Gasteiger partial charge in [0, 0.05) is 38.5 Å². The Morgan fingerprint density at radius 2 is 0.824 bits per heavy atom. The predicted molar refractivity (Wildman–Crippen MR) is 196 cm³/mol. The van der Waals surface area contributed by atoms with Gasteiger partial charge in [0.15, 0.2) is 16.8 Å². The van der Waals surface area contributed by atoms with Gasteiger partial charge in [0.1, 0.15) is 5.75 Å². The third-order valence-electron chi connectivity index (χ3n) is 10.9. The van der Waals surface area contributed by atoms with Gasteiger partial charge in [-0.25, -0.2) is 0 Å². The number of aromatic hydroxyl groups is 1. The third kappa shape index (κ3) is 7.68. The first-order valence-electron chi connectivity index (χ1n) is 18.0. The van der Waals surface area contributed by atoms with Crippen molar-refractivity contribution in [2.75, 3.05) is 39.6 Å². The lowest BCUT2D eigenvalue weighted by atomic mass is 9.92. The van der Waals surface area contributed by atoms with Crippen LogP contribution in [0.25, 0.3) is 0 Å². The van der Waals surface area contributed by atoms with Gasteiger partial charge in [0.05, 0.1) is 56.8 Å². The van der Waals surface area contributed by atoms with Crippen LogP contribution in [0.2, 0.25) is 0 Å². The molecule has 6 heterocycles. The highest BCUT2D eigenvalue weighted by atomic mass is 16.7. The molecular formula is C41H49N3O7. The Bertz CT molecular complexity index is 1630. The van der Waals surface area contributed by atoms with E-state index in [9.17, 15) is 5.11 Å². The minimum Gasteiger partial charge on any atom is -0.508 e. The summed E-state index contributed by atoms with van der Waals surface area (Å²) in [6.07, 6.45) is 5.33. The van der Waals surface area contributed by atoms with Crippen LogP contribution in [0.4, 0.5) is 0 Å². The van der Waals surface area contributed by atoms with Gasteiger partial charge in [-0.15, -0.1) is 0 Å². The molecule has 9 rings (SSSR count). The van der Waals surface area contributed by atoms with E-state index >= 15 is 0 Å². The molecule has 3 unspecified atom stereocenters. The molecule has 51 heavy (non-hydrogen) atoms. The third-order valence-corrected chi connectivity index (χ3v) is 10.9. The number of phenolic OH excluding ortho intramolecular Hbond substituents is 1. The monoisotopic (exact) mass is 695 g/mol. The van der Waals surface area contributed by atoms with E-state index in [0.29, 0.717) is 25.6 Å². The van der Waals surface area contributed by atoms with Gasteiger partial charge in [-0.2, -0.15) is 0 Å². The highest BCUT2D eigenvalue weighted by Gasteiger charge is 2.45. The summed E-state index contributed by atoms with van der Waals surface area (Å²) in [7, 11) is 0. The highest BCUT2D eigenvalue weighted by molar-refractivity contribution is 6.03. The lowest BCUT2D eigenvalue weighted by molar-refractivity contribution is -0.0238. The summed E-state index contributed by atoms with van der Waals surface area (Å²) in [6.45, 7) is 14.7. The van der Waals surface area contributed by atoms with E-state index in [-0.39, 0.29) is 16.8 Å². The molecule has 0 aliphatic carbocycles. The van der Waals surface area contributed by atoms with E-state index in [1.807, 2.05) is 19.1 Å². The molecule has 0 radical (unpaired) electrons. The van der Waals surface area contributed by atoms with Crippen LogP contribution in [0.5, 0.6) is 5.75 Å². The number of benzene rings is 3. The minimum atomic E-state index is -0.235. The van der Waals surface area contributed by atoms with Crippen molar-refractivity contribution < 1.29 is 33.8 Å². The Hall–Kier alpha value is -4.25. The lowest BCUT2D eigenvalue weighted by Gasteiger charge is -2.17. The zero-order chi connectivity index (χ0) is 35.6. The second-order valence-corrected chi connectivity index (χ2v) is 15.0. The second-order valence-electron chi connectivity index (χ2n) is 15.0. The number of aryl methyl sites for hydroxylation is 5. The molecule has 10 heteroatoms. The van der Waals surface area contributed by atoms with Crippen molar-refractivity contribution in [2.45, 2.75) is 89.9 Å². The van der Waals surface area contributed by atoms with Crippen LogP contribution in [0.3, 0.4) is 0 Å². The molecule has 3 fully saturated rings. The maximum absolute atomic E-state index is 9.50. The van der Waals surface area contributed by atoms with E-state index in [1.54, 1.807) is 6.07 Å². The summed E-state index contributed by atoms with van der Waals surface area (Å²) in [6, 6.07) is 18.4. The fourth-order valence-electron chi connectivity index (χ4n) is 7.11. The SMILES string of the molecule is Cc1cc(C2=NOC3(CCOC3)C2)ccc1O.Cc1ccc(C2=NOC3(CCOC3)C2)cc1C.Cc1ccc(C2=NOC3(CCOC3)C2)cc1C. The Morgan fingerprint density at radius 3 is 1.14 bits per heavy atom. The number of hydrogen-bond acceptors (Lipinski definition) is 10. The number of nitrogens with zero attached hydrogens (tertiary/aromatic N) is 3. The first kappa shape index (κ1) is 35.2. The Balaban J connectivity index is 0.000000119. The number of phenols is 1. The number of oxime groups is 3. The topological polar surface area (TPSA) is 113 Å². The van der Waals surface area contributed by atoms with Crippen LogP contribution >= 0.6 is 0 Å². The zero-order valence-electron chi connectivity index (χ0n) is 30.4. The second kappa shape index (κ2) is 14.4. The zero-order valence-corrected chi connectivity index (χ0v) is 30.4. The van der Waals surface area contributed by atoms with Crippen molar-refractivity contribution in [2.24, 2.45) is 15.5 Å². The molecule has 270 valence electrons. The average molecular weight is 696 g/mol. The van der Waals surface area contributed by atoms with E-state index in [4.69, 9.17) is 28.7 Å². The van der Waals surface area contributed by atoms with E-state index in [2.05, 4.69) is 79.6 Å². The molecule has 6 aliphatic heterocycles. The van der Waals surface area contributed by atoms with E-state index in [1.165, 1.54) is 33.4 Å². The van der Waals surface area contributed by atoms with Crippen molar-refractivity contribution >= 4 is 17.1 Å². The molecular weight excluding hydrogens is 646 g/mol. The normalized spacial score (nSPS) is 27.3. The predicted octanol–water partition coefficient (Wildman–Crippen LogP) is 7.16. The van der Waals surface area contributed by atoms with E-state index < -0.39 is 0 Å². The first-order valence-corrected chi connectivity index (χ1v) is 18.0. The van der Waals surface area contributed by atoms with Crippen molar-refractivity contribution in [3.63, 3.8) is 0 Å². The Morgan fingerprint density at radius 1 is 0.471 bits per heavy atom. The molecule has 0 amide bonds. The van der Waals surface area contributed by atoms with Crippen LogP contribution in [0.15, 0.2) is 70.1 Å². The number of rotatable bonds is 3. The summed E-state index contributed by atoms with van der Waals surface area (Å²) < 4.78 is 16.2. The van der Waals surface area contributed by atoms with Crippen LogP contribution in [-0.4, -0.2) is 78.7 Å². The standard InChI is InChI=1S/2C14H17NO2.C13H15NO3/c2*1-10-3-4-12(7-11(10)2)13-8-14(17-15-13)5-6-16-9-14;1-9-6-10(2-3-12(9)15)11-7-13(17-14-11)4-5-16-8-13/h2*3-4,7H,5-6,8-9H2,1-2H3;2-3,6,15H,4-5,7-8H2,1H3. The molecule has 3 aromatic rings. The summed E-state index contributed by atoms with van der Waals surface area (Å²) in [5.74, 6) is 0.312. The molecule has 0 saturated carbocycles. The molecule has 6 aliphatic rings. The number of hydrogen-bond donors (Lipinski definition) is 1. The maximum Gasteiger partial charge on any atom is 0.168 e. The smallest absolute Gasteiger partial charge is 0.168 e. The summed E-state index contributed by atoms with van der Waals surface area (Å²) in [5.41, 5.74) is 11.9. The van der Waals surface area contributed by atoms with Gasteiger partial charge in [0.2, 0.25) is 0 Å². The van der Waals surface area contributed by atoms with E-state index in [0.717, 1.165) is 86.6 Å². The molecule has 0 aromatic heterocycles. The van der Waals surface area contributed by atoms with Gasteiger partial charge in [0.25, 0.3) is 0 Å². The summed E-state index contributed by atoms with van der Waals surface area (Å²) in [5, 5.41) is 22.2. The quantitative estimate of drug-likeness (QED) is 0.310. The van der Waals surface area contributed by atoms with Crippen LogP contribution in [-0.2, 0) is 28.7 Å². The van der Waals surface area contributed by atoms with Crippen molar-refractivity contribution in [1.29, 1.82) is 0 Å². The molecule has 10 nitrogen and oxygen atoms in total. The van der Waals surface area contributed by atoms with Gasteiger partial charge >= 0.3 is 0 Å². The van der Waals surface area contributed by atoms with Crippen LogP contribution in [0, 0.1) is 34.6 Å². The Labute approximate surface area is 300 Å². The van der Waals surface area contributed by atoms with Crippen molar-refractivity contribution in [3.05, 3.63) is 99.1 Å². The maximum atomic E-state index is 9.50. The summed E-state index contributed by atoms with van der Waals surface area (Å²) in [4.78, 5) is 16.7. The number of ether oxygens (including phenoxy) is 3. The fourth-order valence-corrected chi connectivity index (χ4v) is 7.11. The Kier molecular flexibility index (Phi) is 9.93. The van der Waals surface area contributed by atoms with Crippen molar-refractivity contribution in [1.82, 2.24) is 0 Å². The van der Waals surface area contributed by atoms with Crippen molar-refractivity contribution in [3.8, 4) is 5.75 Å². The molecule has 3 aromatic carbocycles.